The van der Waals surface area contributed by atoms with Crippen molar-refractivity contribution in [1.82, 2.24) is 0 Å². The number of benzene rings is 3. The van der Waals surface area contributed by atoms with E-state index < -0.39 is 15.9 Å². The van der Waals surface area contributed by atoms with E-state index in [1.165, 1.54) is 0 Å². The highest BCUT2D eigenvalue weighted by Crippen LogP contribution is 2.26. The standard InChI is InChI=1S/C23H26N2O3S/c1-23(2,3)18-12-14-19(15-13-18)25(29(4,27)28)16-22(26)24-21-11-7-9-17-8-5-6-10-20(17)21/h5-15H,16H2,1-4H3,(H,24,26). The van der Waals surface area contributed by atoms with Crippen LogP contribution in [0.5, 0.6) is 0 Å². The summed E-state index contributed by atoms with van der Waals surface area (Å²) in [5.74, 6) is -0.397. The third-order valence-corrected chi connectivity index (χ3v) is 5.91. The van der Waals surface area contributed by atoms with Gasteiger partial charge in [0.05, 0.1) is 11.9 Å². The average molecular weight is 411 g/mol. The molecule has 0 aliphatic heterocycles. The normalized spacial score (nSPS) is 12.0. The molecule has 5 nitrogen and oxygen atoms in total. The topological polar surface area (TPSA) is 66.5 Å². The predicted octanol–water partition coefficient (Wildman–Crippen LogP) is 4.54. The largest absolute Gasteiger partial charge is 0.324 e. The molecule has 3 rings (SSSR count). The van der Waals surface area contributed by atoms with Crippen LogP contribution >= 0.6 is 0 Å². The van der Waals surface area contributed by atoms with E-state index in [4.69, 9.17) is 0 Å². The fourth-order valence-corrected chi connectivity index (χ4v) is 4.04. The number of carbonyl (C=O) groups excluding carboxylic acids is 1. The molecule has 3 aromatic rings. The van der Waals surface area contributed by atoms with Gasteiger partial charge in [0.2, 0.25) is 15.9 Å². The average Bonchev–Trinajstić information content (AvgIpc) is 2.65. The van der Waals surface area contributed by atoms with Crippen LogP contribution in [0.4, 0.5) is 11.4 Å². The molecule has 152 valence electrons. The minimum Gasteiger partial charge on any atom is -0.324 e. The van der Waals surface area contributed by atoms with E-state index in [1.54, 1.807) is 12.1 Å². The molecular formula is C23H26N2O3S. The van der Waals surface area contributed by atoms with Gasteiger partial charge in [-0.1, -0.05) is 69.3 Å². The lowest BCUT2D eigenvalue weighted by Crippen LogP contribution is -2.37. The summed E-state index contributed by atoms with van der Waals surface area (Å²) in [6.45, 7) is 5.98. The van der Waals surface area contributed by atoms with Crippen molar-refractivity contribution in [2.24, 2.45) is 0 Å². The maximum atomic E-state index is 12.7. The number of anilines is 2. The minimum absolute atomic E-state index is 0.0415. The Morgan fingerprint density at radius 3 is 2.17 bits per heavy atom. The van der Waals surface area contributed by atoms with Gasteiger partial charge < -0.3 is 5.32 Å². The molecule has 0 atom stereocenters. The number of hydrogen-bond acceptors (Lipinski definition) is 3. The maximum Gasteiger partial charge on any atom is 0.245 e. The third-order valence-electron chi connectivity index (χ3n) is 4.77. The number of amides is 1. The van der Waals surface area contributed by atoms with Crippen molar-refractivity contribution in [1.29, 1.82) is 0 Å². The van der Waals surface area contributed by atoms with Crippen LogP contribution in [0.2, 0.25) is 0 Å². The zero-order chi connectivity index (χ0) is 21.2. The summed E-state index contributed by atoms with van der Waals surface area (Å²) in [7, 11) is -3.62. The second-order valence-corrected chi connectivity index (χ2v) is 10.0. The van der Waals surface area contributed by atoms with Gasteiger partial charge in [-0.3, -0.25) is 9.10 Å². The highest BCUT2D eigenvalue weighted by molar-refractivity contribution is 7.92. The van der Waals surface area contributed by atoms with Crippen LogP contribution in [0.25, 0.3) is 10.8 Å². The molecule has 0 saturated heterocycles. The summed E-state index contributed by atoms with van der Waals surface area (Å²) in [6.07, 6.45) is 1.11. The lowest BCUT2D eigenvalue weighted by molar-refractivity contribution is -0.114. The molecule has 0 spiro atoms. The van der Waals surface area contributed by atoms with Crippen molar-refractivity contribution in [3.63, 3.8) is 0 Å². The van der Waals surface area contributed by atoms with E-state index in [1.807, 2.05) is 54.6 Å². The number of hydrogen-bond donors (Lipinski definition) is 1. The molecule has 0 heterocycles. The predicted molar refractivity (Wildman–Crippen MR) is 120 cm³/mol. The number of fused-ring (bicyclic) bond motifs is 1. The zero-order valence-electron chi connectivity index (χ0n) is 17.1. The lowest BCUT2D eigenvalue weighted by Gasteiger charge is -2.24. The van der Waals surface area contributed by atoms with Gasteiger partial charge in [0.25, 0.3) is 0 Å². The summed E-state index contributed by atoms with van der Waals surface area (Å²) < 4.78 is 25.8. The molecule has 29 heavy (non-hydrogen) atoms. The van der Waals surface area contributed by atoms with Gasteiger partial charge in [-0.25, -0.2) is 8.42 Å². The Kier molecular flexibility index (Phi) is 5.66. The molecule has 0 radical (unpaired) electrons. The Hall–Kier alpha value is -2.86. The summed E-state index contributed by atoms with van der Waals surface area (Å²) in [4.78, 5) is 12.7. The molecule has 0 unspecified atom stereocenters. The number of sulfonamides is 1. The van der Waals surface area contributed by atoms with Crippen molar-refractivity contribution >= 4 is 38.1 Å². The lowest BCUT2D eigenvalue weighted by atomic mass is 9.87. The van der Waals surface area contributed by atoms with Gasteiger partial charge in [0.15, 0.2) is 0 Å². The minimum atomic E-state index is -3.62. The summed E-state index contributed by atoms with van der Waals surface area (Å²) in [5, 5.41) is 4.76. The van der Waals surface area contributed by atoms with Crippen LogP contribution < -0.4 is 9.62 Å². The first-order chi connectivity index (χ1) is 13.6. The summed E-state index contributed by atoms with van der Waals surface area (Å²) in [6, 6.07) is 20.6. The maximum absolute atomic E-state index is 12.7. The van der Waals surface area contributed by atoms with Gasteiger partial charge in [0.1, 0.15) is 6.54 Å². The Balaban J connectivity index is 1.85. The number of nitrogens with one attached hydrogen (secondary N) is 1. The Morgan fingerprint density at radius 1 is 0.931 bits per heavy atom. The van der Waals surface area contributed by atoms with Gasteiger partial charge in [0, 0.05) is 11.1 Å². The van der Waals surface area contributed by atoms with E-state index >= 15 is 0 Å². The van der Waals surface area contributed by atoms with E-state index in [0.29, 0.717) is 11.4 Å². The van der Waals surface area contributed by atoms with E-state index in [9.17, 15) is 13.2 Å². The molecule has 0 aliphatic carbocycles. The summed E-state index contributed by atoms with van der Waals surface area (Å²) in [5.41, 5.74) is 2.17. The van der Waals surface area contributed by atoms with Crippen LogP contribution in [0.15, 0.2) is 66.7 Å². The van der Waals surface area contributed by atoms with Crippen molar-refractivity contribution < 1.29 is 13.2 Å². The van der Waals surface area contributed by atoms with Crippen LogP contribution in [-0.4, -0.2) is 27.1 Å². The first-order valence-electron chi connectivity index (χ1n) is 9.41. The van der Waals surface area contributed by atoms with Gasteiger partial charge in [-0.15, -0.1) is 0 Å². The molecule has 0 saturated carbocycles. The fourth-order valence-electron chi connectivity index (χ4n) is 3.18. The number of rotatable bonds is 5. The molecule has 0 bridgehead atoms. The quantitative estimate of drug-likeness (QED) is 0.671. The molecule has 6 heteroatoms. The van der Waals surface area contributed by atoms with Crippen molar-refractivity contribution in [3.8, 4) is 0 Å². The van der Waals surface area contributed by atoms with Crippen LogP contribution in [-0.2, 0) is 20.2 Å². The molecule has 0 fully saturated rings. The molecule has 0 aliphatic rings. The van der Waals surface area contributed by atoms with Gasteiger partial charge in [-0.2, -0.15) is 0 Å². The van der Waals surface area contributed by atoms with Crippen molar-refractivity contribution in [2.75, 3.05) is 22.4 Å². The van der Waals surface area contributed by atoms with Gasteiger partial charge in [-0.05, 0) is 34.6 Å². The molecule has 0 aromatic heterocycles. The van der Waals surface area contributed by atoms with Crippen molar-refractivity contribution in [2.45, 2.75) is 26.2 Å². The van der Waals surface area contributed by atoms with Crippen LogP contribution in [0.1, 0.15) is 26.3 Å². The third kappa shape index (κ3) is 4.95. The SMILES string of the molecule is CC(C)(C)c1ccc(N(CC(=O)Nc2cccc3ccccc23)S(C)(=O)=O)cc1. The monoisotopic (exact) mass is 410 g/mol. The number of carbonyl (C=O) groups is 1. The zero-order valence-corrected chi connectivity index (χ0v) is 18.0. The Labute approximate surface area is 172 Å². The fraction of sp³-hybridized carbons (Fsp3) is 0.261. The van der Waals surface area contributed by atoms with Gasteiger partial charge >= 0.3 is 0 Å². The highest BCUT2D eigenvalue weighted by atomic mass is 32.2. The second-order valence-electron chi connectivity index (χ2n) is 8.14. The second kappa shape index (κ2) is 7.87. The molecule has 1 N–H and O–H groups in total. The summed E-state index contributed by atoms with van der Waals surface area (Å²) >= 11 is 0. The van der Waals surface area contributed by atoms with E-state index in [-0.39, 0.29) is 12.0 Å². The molecule has 3 aromatic carbocycles. The van der Waals surface area contributed by atoms with E-state index in [2.05, 4.69) is 26.1 Å². The molecule has 1 amide bonds. The van der Waals surface area contributed by atoms with Crippen LogP contribution in [0, 0.1) is 0 Å². The number of nitrogens with zero attached hydrogens (tertiary/aromatic N) is 1. The first-order valence-corrected chi connectivity index (χ1v) is 11.3. The smallest absolute Gasteiger partial charge is 0.245 e. The Morgan fingerprint density at radius 2 is 1.55 bits per heavy atom. The first kappa shape index (κ1) is 20.9. The Bertz CT molecular complexity index is 1130. The van der Waals surface area contributed by atoms with E-state index in [0.717, 1.165) is 26.9 Å². The highest BCUT2D eigenvalue weighted by Gasteiger charge is 2.22. The van der Waals surface area contributed by atoms with Crippen molar-refractivity contribution in [3.05, 3.63) is 72.3 Å². The molecular weight excluding hydrogens is 384 g/mol. The van der Waals surface area contributed by atoms with Crippen LogP contribution in [0.3, 0.4) is 0 Å².